The number of halogens is 5. The Labute approximate surface area is 151 Å². The van der Waals surface area contributed by atoms with E-state index in [-0.39, 0.29) is 17.8 Å². The van der Waals surface area contributed by atoms with Crippen molar-refractivity contribution >= 4 is 17.5 Å². The van der Waals surface area contributed by atoms with Gasteiger partial charge in [0.2, 0.25) is 5.95 Å². The maximum atomic E-state index is 13.3. The molecule has 0 radical (unpaired) electrons. The van der Waals surface area contributed by atoms with Crippen LogP contribution in [0.2, 0.25) is 0 Å². The Kier molecular flexibility index (Phi) is 3.83. The summed E-state index contributed by atoms with van der Waals surface area (Å²) in [6.07, 6.45) is -1.46. The number of alkyl halides is 5. The molecule has 0 bridgehead atoms. The zero-order valence-electron chi connectivity index (χ0n) is 14.5. The summed E-state index contributed by atoms with van der Waals surface area (Å²) in [5, 5.41) is 9.60. The molecule has 0 spiro atoms. The van der Waals surface area contributed by atoms with Gasteiger partial charge in [-0.25, -0.2) is 13.8 Å². The van der Waals surface area contributed by atoms with Crippen LogP contribution in [0.5, 0.6) is 0 Å². The Bertz CT molecular complexity index is 863. The summed E-state index contributed by atoms with van der Waals surface area (Å²) in [6, 6.07) is -0.102. The van der Waals surface area contributed by atoms with Gasteiger partial charge in [-0.1, -0.05) is 0 Å². The highest BCUT2D eigenvalue weighted by atomic mass is 19.4. The van der Waals surface area contributed by atoms with Crippen LogP contribution in [0.4, 0.5) is 39.4 Å². The van der Waals surface area contributed by atoms with Crippen molar-refractivity contribution in [2.24, 2.45) is 11.8 Å². The molecule has 2 aliphatic carbocycles. The summed E-state index contributed by atoms with van der Waals surface area (Å²) in [6.45, 7) is 1.71. The number of fused-ring (bicyclic) bond motifs is 1. The third-order valence-corrected chi connectivity index (χ3v) is 5.29. The Morgan fingerprint density at radius 1 is 1.22 bits per heavy atom. The molecule has 146 valence electrons. The highest BCUT2D eigenvalue weighted by molar-refractivity contribution is 5.57. The van der Waals surface area contributed by atoms with Crippen molar-refractivity contribution in [1.29, 1.82) is 0 Å². The van der Waals surface area contributed by atoms with Crippen LogP contribution in [0.25, 0.3) is 0 Å². The van der Waals surface area contributed by atoms with Crippen LogP contribution >= 0.6 is 0 Å². The second kappa shape index (κ2) is 5.77. The Morgan fingerprint density at radius 2 is 1.89 bits per heavy atom. The van der Waals surface area contributed by atoms with Crippen LogP contribution in [0.15, 0.2) is 12.4 Å². The first-order valence-corrected chi connectivity index (χ1v) is 8.43. The van der Waals surface area contributed by atoms with Gasteiger partial charge in [0.1, 0.15) is 11.4 Å². The average Bonchev–Trinajstić information content (AvgIpc) is 2.99. The summed E-state index contributed by atoms with van der Waals surface area (Å²) in [4.78, 5) is 7.57. The lowest BCUT2D eigenvalue weighted by molar-refractivity contribution is -0.137. The maximum absolute atomic E-state index is 13.3. The molecule has 2 saturated carbocycles. The maximum Gasteiger partial charge on any atom is 0.421 e. The van der Waals surface area contributed by atoms with E-state index < -0.39 is 29.5 Å². The second-order valence-electron chi connectivity index (χ2n) is 6.95. The molecule has 6 nitrogen and oxygen atoms in total. The predicted molar refractivity (Wildman–Crippen MR) is 87.0 cm³/mol. The van der Waals surface area contributed by atoms with Gasteiger partial charge in [-0.15, -0.1) is 0 Å². The van der Waals surface area contributed by atoms with E-state index in [1.165, 1.54) is 7.05 Å². The summed E-state index contributed by atoms with van der Waals surface area (Å²) in [5.74, 6) is -4.05. The van der Waals surface area contributed by atoms with Crippen molar-refractivity contribution in [3.8, 4) is 0 Å². The van der Waals surface area contributed by atoms with Crippen molar-refractivity contribution in [3.63, 3.8) is 0 Å². The predicted octanol–water partition coefficient (Wildman–Crippen LogP) is 4.00. The van der Waals surface area contributed by atoms with Gasteiger partial charge in [-0.2, -0.15) is 23.3 Å². The average molecular weight is 388 g/mol. The first-order chi connectivity index (χ1) is 12.6. The number of aryl methyl sites for hydroxylation is 1. The quantitative estimate of drug-likeness (QED) is 0.775. The van der Waals surface area contributed by atoms with E-state index in [1.54, 1.807) is 17.8 Å². The van der Waals surface area contributed by atoms with Crippen LogP contribution in [-0.4, -0.2) is 32.7 Å². The molecule has 2 heterocycles. The highest BCUT2D eigenvalue weighted by Crippen LogP contribution is 2.66. The summed E-state index contributed by atoms with van der Waals surface area (Å²) < 4.78 is 67.1. The van der Waals surface area contributed by atoms with Crippen molar-refractivity contribution in [2.75, 3.05) is 17.7 Å². The normalized spacial score (nSPS) is 26.0. The first-order valence-electron chi connectivity index (χ1n) is 8.43. The number of nitrogens with one attached hydrogen (secondary N) is 2. The third-order valence-electron chi connectivity index (χ3n) is 5.29. The van der Waals surface area contributed by atoms with Gasteiger partial charge in [0.05, 0.1) is 17.4 Å². The second-order valence-corrected chi connectivity index (χ2v) is 6.95. The number of hydrogen-bond acceptors (Lipinski definition) is 5. The smallest absolute Gasteiger partial charge is 0.372 e. The number of rotatable bonds is 4. The molecule has 4 rings (SSSR count). The minimum Gasteiger partial charge on any atom is -0.372 e. The molecule has 0 aliphatic heterocycles. The molecule has 3 atom stereocenters. The van der Waals surface area contributed by atoms with E-state index >= 15 is 0 Å². The molecule has 0 saturated heterocycles. The fraction of sp³-hybridized carbons (Fsp3) is 0.562. The van der Waals surface area contributed by atoms with E-state index in [0.717, 1.165) is 0 Å². The molecule has 27 heavy (non-hydrogen) atoms. The van der Waals surface area contributed by atoms with Crippen LogP contribution in [-0.2, 0) is 6.18 Å². The molecular formula is C16H17F5N6. The highest BCUT2D eigenvalue weighted by Gasteiger charge is 2.71. The van der Waals surface area contributed by atoms with Crippen molar-refractivity contribution in [2.45, 2.75) is 37.9 Å². The fourth-order valence-corrected chi connectivity index (χ4v) is 3.75. The molecule has 2 aromatic rings. The van der Waals surface area contributed by atoms with Crippen LogP contribution in [0.1, 0.15) is 30.1 Å². The molecular weight excluding hydrogens is 371 g/mol. The van der Waals surface area contributed by atoms with E-state index in [2.05, 4.69) is 25.7 Å². The van der Waals surface area contributed by atoms with E-state index in [0.29, 0.717) is 30.4 Å². The number of anilines is 3. The third kappa shape index (κ3) is 2.98. The zero-order valence-corrected chi connectivity index (χ0v) is 14.5. The monoisotopic (exact) mass is 388 g/mol. The summed E-state index contributed by atoms with van der Waals surface area (Å²) in [5.41, 5.74) is 0.134. The lowest BCUT2D eigenvalue weighted by Crippen LogP contribution is -2.13. The van der Waals surface area contributed by atoms with Gasteiger partial charge in [-0.05, 0) is 19.8 Å². The van der Waals surface area contributed by atoms with Gasteiger partial charge in [0.25, 0.3) is 5.92 Å². The summed E-state index contributed by atoms with van der Waals surface area (Å²) >= 11 is 0. The SMILES string of the molecule is CNc1nc(Nc2cn(C3CC4[C@H](C3)C4(F)F)nc2C)ncc1C(F)(F)F. The van der Waals surface area contributed by atoms with Crippen LogP contribution < -0.4 is 10.6 Å². The Balaban J connectivity index is 1.52. The minimum atomic E-state index is -4.57. The molecule has 2 unspecified atom stereocenters. The van der Waals surface area contributed by atoms with E-state index in [1.807, 2.05) is 0 Å². The van der Waals surface area contributed by atoms with E-state index in [4.69, 9.17) is 0 Å². The first kappa shape index (κ1) is 17.9. The molecule has 0 amide bonds. The Hall–Kier alpha value is -2.46. The van der Waals surface area contributed by atoms with Crippen LogP contribution in [0.3, 0.4) is 0 Å². The van der Waals surface area contributed by atoms with Crippen molar-refractivity contribution in [3.05, 3.63) is 23.7 Å². The molecule has 2 N–H and O–H groups in total. The van der Waals surface area contributed by atoms with Crippen LogP contribution in [0, 0.1) is 18.8 Å². The fourth-order valence-electron chi connectivity index (χ4n) is 3.75. The minimum absolute atomic E-state index is 0.0178. The standard InChI is InChI=1S/C16H17F5N6/c1-7-12(6-27(26-7)8-3-9-10(4-8)15(9,17)18)24-14-23-5-11(16(19,20)21)13(22-2)25-14/h5-6,8-10H,3-4H2,1-2H3,(H2,22,23,24,25)/t8?,9-,10?/m0/s1. The van der Waals surface area contributed by atoms with E-state index in [9.17, 15) is 22.0 Å². The largest absolute Gasteiger partial charge is 0.421 e. The van der Waals surface area contributed by atoms with Crippen molar-refractivity contribution < 1.29 is 22.0 Å². The van der Waals surface area contributed by atoms with Gasteiger partial charge < -0.3 is 10.6 Å². The molecule has 11 heteroatoms. The zero-order chi connectivity index (χ0) is 19.6. The lowest BCUT2D eigenvalue weighted by atomic mass is 10.1. The number of aromatic nitrogens is 4. The van der Waals surface area contributed by atoms with Crippen molar-refractivity contribution in [1.82, 2.24) is 19.7 Å². The Morgan fingerprint density at radius 3 is 2.48 bits per heavy atom. The molecule has 2 aromatic heterocycles. The van der Waals surface area contributed by atoms with Gasteiger partial charge in [-0.3, -0.25) is 4.68 Å². The van der Waals surface area contributed by atoms with Gasteiger partial charge in [0.15, 0.2) is 0 Å². The number of hydrogen-bond donors (Lipinski definition) is 2. The molecule has 0 aromatic carbocycles. The molecule has 2 aliphatic rings. The summed E-state index contributed by atoms with van der Waals surface area (Å²) in [7, 11) is 1.34. The lowest BCUT2D eigenvalue weighted by Gasteiger charge is -2.14. The van der Waals surface area contributed by atoms with Gasteiger partial charge >= 0.3 is 6.18 Å². The molecule has 2 fully saturated rings. The number of nitrogens with zero attached hydrogens (tertiary/aromatic N) is 4. The van der Waals surface area contributed by atoms with Gasteiger partial charge in [0, 0.05) is 31.3 Å². The topological polar surface area (TPSA) is 67.7 Å².